The number of thiol groups is 3. The molecule has 6 unspecified atom stereocenters. The molecule has 0 amide bonds. The van der Waals surface area contributed by atoms with Crippen LogP contribution in [0.1, 0.15) is 138 Å². The summed E-state index contributed by atoms with van der Waals surface area (Å²) in [6.07, 6.45) is 15.8. The number of unbranched alkanes of at least 4 members (excludes halogenated alkanes) is 3. The minimum atomic E-state index is -0.949. The number of carbonyl (C=O) groups is 3. The molecule has 0 aromatic carbocycles. The van der Waals surface area contributed by atoms with Gasteiger partial charge < -0.3 is 29.7 Å². The third kappa shape index (κ3) is 29.4. The van der Waals surface area contributed by atoms with Crippen LogP contribution in [0, 0.1) is 35.5 Å². The van der Waals surface area contributed by atoms with Crippen molar-refractivity contribution in [2.24, 2.45) is 35.5 Å². The predicted octanol–water partition coefficient (Wildman–Crippen LogP) is 5.29. The summed E-state index contributed by atoms with van der Waals surface area (Å²) >= 11 is 12.1. The Labute approximate surface area is 298 Å². The van der Waals surface area contributed by atoms with E-state index in [1.54, 1.807) is 0 Å². The first-order valence-corrected chi connectivity index (χ1v) is 18.3. The van der Waals surface area contributed by atoms with Crippen LogP contribution in [0.4, 0.5) is 0 Å². The second kappa shape index (κ2) is 35.1. The predicted molar refractivity (Wildman–Crippen MR) is 187 cm³/mol. The van der Waals surface area contributed by atoms with E-state index in [1.807, 2.05) is 0 Å². The van der Waals surface area contributed by atoms with Gasteiger partial charge in [-0.05, 0) is 54.3 Å². The topological polar surface area (TPSA) is 120 Å². The minimum Gasteiger partial charge on any atom is -0.550 e. The Hall–Kier alpha value is 0.278. The molecule has 0 heterocycles. The Morgan fingerprint density at radius 1 is 0.488 bits per heavy atom. The van der Waals surface area contributed by atoms with E-state index < -0.39 is 17.9 Å². The maximum absolute atomic E-state index is 10.7. The van der Waals surface area contributed by atoms with Gasteiger partial charge in [-0.2, -0.15) is 37.9 Å². The van der Waals surface area contributed by atoms with Crippen molar-refractivity contribution in [3.63, 3.8) is 0 Å². The normalized spacial score (nSPS) is 14.7. The first-order chi connectivity index (χ1) is 20.0. The van der Waals surface area contributed by atoms with Crippen LogP contribution >= 0.6 is 37.9 Å². The summed E-state index contributed by atoms with van der Waals surface area (Å²) < 4.78 is 0. The van der Waals surface area contributed by atoms with Crippen molar-refractivity contribution >= 4 is 80.2 Å². The molecule has 0 fully saturated rings. The van der Waals surface area contributed by atoms with Gasteiger partial charge >= 0.3 is 24.4 Å². The maximum atomic E-state index is 10.7. The van der Waals surface area contributed by atoms with Crippen LogP contribution < -0.4 is 15.3 Å². The van der Waals surface area contributed by atoms with Crippen molar-refractivity contribution in [3.05, 3.63) is 0 Å². The molecule has 6 atom stereocenters. The number of hydrogen-bond acceptors (Lipinski definition) is 9. The van der Waals surface area contributed by atoms with E-state index >= 15 is 0 Å². The first-order valence-electron chi connectivity index (χ1n) is 16.4. The molecule has 0 aromatic rings. The SMILES string of the molecule is CCCCC(CC)CC(CS)C(=O)[O-].CCCCC(CC)CC(CS)C(=O)[O-].CCCCC(CC)CC(CS)C(=O)[O-].[Sb+3]. The molecular formula is C33H63O6S3Sb. The second-order valence-corrected chi connectivity index (χ2v) is 12.6. The van der Waals surface area contributed by atoms with Gasteiger partial charge in [0.1, 0.15) is 0 Å². The number of carboxylic acids is 3. The van der Waals surface area contributed by atoms with Crippen molar-refractivity contribution in [2.75, 3.05) is 17.3 Å². The summed E-state index contributed by atoms with van der Waals surface area (Å²) in [7, 11) is 0. The molecule has 10 heteroatoms. The molecular weight excluding hydrogens is 710 g/mol. The van der Waals surface area contributed by atoms with E-state index in [-0.39, 0.29) is 42.2 Å². The third-order valence-electron chi connectivity index (χ3n) is 8.14. The van der Waals surface area contributed by atoms with Gasteiger partial charge in [-0.1, -0.05) is 119 Å². The molecule has 0 aliphatic rings. The summed E-state index contributed by atoms with van der Waals surface area (Å²) in [4.78, 5) is 32.1. The Morgan fingerprint density at radius 3 is 0.814 bits per heavy atom. The molecule has 2 radical (unpaired) electrons. The van der Waals surface area contributed by atoms with Crippen LogP contribution in [0.2, 0.25) is 0 Å². The van der Waals surface area contributed by atoms with E-state index in [4.69, 9.17) is 0 Å². The smallest absolute Gasteiger partial charge is 0.550 e. The molecule has 0 bridgehead atoms. The number of carbonyl (C=O) groups excluding carboxylic acids is 3. The van der Waals surface area contributed by atoms with Crippen molar-refractivity contribution in [2.45, 2.75) is 138 Å². The molecule has 6 nitrogen and oxygen atoms in total. The summed E-state index contributed by atoms with van der Waals surface area (Å²) in [6.45, 7) is 12.8. The largest absolute Gasteiger partial charge is 3.00 e. The maximum Gasteiger partial charge on any atom is 3.00 e. The van der Waals surface area contributed by atoms with Crippen LogP contribution in [-0.4, -0.2) is 59.6 Å². The van der Waals surface area contributed by atoms with E-state index in [9.17, 15) is 29.7 Å². The van der Waals surface area contributed by atoms with Crippen LogP contribution in [0.15, 0.2) is 0 Å². The number of aliphatic carboxylic acids is 3. The summed E-state index contributed by atoms with van der Waals surface area (Å²) in [5, 5.41) is 32.1. The molecule has 0 aromatic heterocycles. The van der Waals surface area contributed by atoms with Crippen LogP contribution in [0.25, 0.3) is 0 Å². The minimum absolute atomic E-state index is 0. The summed E-state index contributed by atoms with van der Waals surface area (Å²) in [5.74, 6) is -1.23. The second-order valence-electron chi connectivity index (χ2n) is 11.6. The molecule has 0 aliphatic carbocycles. The van der Waals surface area contributed by atoms with Gasteiger partial charge in [0.15, 0.2) is 0 Å². The van der Waals surface area contributed by atoms with Crippen molar-refractivity contribution in [1.29, 1.82) is 0 Å². The van der Waals surface area contributed by atoms with Crippen molar-refractivity contribution in [1.82, 2.24) is 0 Å². The monoisotopic (exact) mass is 772 g/mol. The van der Waals surface area contributed by atoms with E-state index in [0.29, 0.717) is 35.0 Å². The number of hydrogen-bond donors (Lipinski definition) is 3. The average Bonchev–Trinajstić information content (AvgIpc) is 2.97. The van der Waals surface area contributed by atoms with E-state index in [2.05, 4.69) is 79.4 Å². The molecule has 0 N–H and O–H groups in total. The summed E-state index contributed by atoms with van der Waals surface area (Å²) in [5.41, 5.74) is 0. The fourth-order valence-corrected chi connectivity index (χ4v) is 5.78. The Balaban J connectivity index is -0.000000262. The molecule has 0 aliphatic heterocycles. The molecule has 0 spiro atoms. The molecule has 0 saturated heterocycles. The van der Waals surface area contributed by atoms with E-state index in [0.717, 1.165) is 57.8 Å². The zero-order chi connectivity index (χ0) is 32.9. The first kappa shape index (κ1) is 50.1. The Kier molecular flexibility index (Phi) is 41.0. The van der Waals surface area contributed by atoms with Gasteiger partial charge in [-0.25, -0.2) is 0 Å². The zero-order valence-corrected chi connectivity index (χ0v) is 33.2. The van der Waals surface area contributed by atoms with Crippen LogP contribution in [0.3, 0.4) is 0 Å². The van der Waals surface area contributed by atoms with Gasteiger partial charge in [0, 0.05) is 35.7 Å². The number of carboxylic acid groups (broad SMARTS) is 3. The quantitative estimate of drug-likeness (QED) is 0.0908. The average molecular weight is 774 g/mol. The standard InChI is InChI=1S/3C11H22O2S.Sb/c3*1-3-5-6-9(4-2)7-10(8-14)11(12)13;/h3*9-10,14H,3-8H2,1-2H3,(H,12,13);/q;;;+3/p-3. The fourth-order valence-electron chi connectivity index (χ4n) is 4.89. The van der Waals surface area contributed by atoms with Gasteiger partial charge in [0.05, 0.1) is 0 Å². The van der Waals surface area contributed by atoms with Crippen LogP contribution in [-0.2, 0) is 14.4 Å². The fraction of sp³-hybridized carbons (Fsp3) is 0.909. The number of rotatable bonds is 24. The van der Waals surface area contributed by atoms with Gasteiger partial charge in [-0.15, -0.1) is 0 Å². The molecule has 0 saturated carbocycles. The van der Waals surface area contributed by atoms with Gasteiger partial charge in [-0.3, -0.25) is 0 Å². The third-order valence-corrected chi connectivity index (χ3v) is 9.47. The molecule has 254 valence electrons. The summed E-state index contributed by atoms with van der Waals surface area (Å²) in [6, 6.07) is 0. The molecule has 0 rings (SSSR count). The van der Waals surface area contributed by atoms with Gasteiger partial charge in [0.25, 0.3) is 0 Å². The molecule has 43 heavy (non-hydrogen) atoms. The van der Waals surface area contributed by atoms with Crippen molar-refractivity contribution in [3.8, 4) is 0 Å². The Morgan fingerprint density at radius 2 is 0.698 bits per heavy atom. The van der Waals surface area contributed by atoms with Crippen LogP contribution in [0.5, 0.6) is 0 Å². The van der Waals surface area contributed by atoms with Crippen molar-refractivity contribution < 1.29 is 29.7 Å². The van der Waals surface area contributed by atoms with Gasteiger partial charge in [0.2, 0.25) is 0 Å². The zero-order valence-electron chi connectivity index (χ0n) is 27.9. The Bertz CT molecular complexity index is 571. The van der Waals surface area contributed by atoms with E-state index in [1.165, 1.54) is 38.5 Å².